The molecule has 200 valence electrons. The molecule has 0 radical (unpaired) electrons. The Bertz CT molecular complexity index is 1450. The summed E-state index contributed by atoms with van der Waals surface area (Å²) in [6, 6.07) is 3.17. The lowest BCUT2D eigenvalue weighted by atomic mass is 9.86. The third kappa shape index (κ3) is 5.96. The lowest BCUT2D eigenvalue weighted by Gasteiger charge is -2.19. The second kappa shape index (κ2) is 11.0. The number of hydrogen-bond acceptors (Lipinski definition) is 8. The van der Waals surface area contributed by atoms with Crippen LogP contribution in [0.1, 0.15) is 70.0 Å². The molecule has 0 saturated heterocycles. The Morgan fingerprint density at radius 2 is 1.92 bits per heavy atom. The number of nitrogens with one attached hydrogen (secondary N) is 2. The Hall–Kier alpha value is -4.35. The van der Waals surface area contributed by atoms with Gasteiger partial charge < -0.3 is 20.3 Å². The normalized spacial score (nSPS) is 11.7. The van der Waals surface area contributed by atoms with E-state index in [4.69, 9.17) is 9.63 Å². The molecule has 4 heterocycles. The molecule has 3 N–H and O–H groups in total. The van der Waals surface area contributed by atoms with Crippen LogP contribution >= 0.6 is 0 Å². The average Bonchev–Trinajstić information content (AvgIpc) is 3.49. The van der Waals surface area contributed by atoms with Crippen LogP contribution in [0.15, 0.2) is 35.2 Å². The molecule has 0 aliphatic heterocycles. The van der Waals surface area contributed by atoms with Crippen molar-refractivity contribution in [3.8, 4) is 11.5 Å². The summed E-state index contributed by atoms with van der Waals surface area (Å²) in [6.45, 7) is 9.70. The van der Waals surface area contributed by atoms with Crippen molar-refractivity contribution in [1.82, 2.24) is 29.7 Å². The van der Waals surface area contributed by atoms with E-state index in [9.17, 15) is 9.59 Å². The van der Waals surface area contributed by atoms with E-state index in [0.29, 0.717) is 35.2 Å². The number of carbonyl (C=O) groups excluding carboxylic acids is 1. The van der Waals surface area contributed by atoms with Gasteiger partial charge in [0.2, 0.25) is 11.7 Å². The summed E-state index contributed by atoms with van der Waals surface area (Å²) >= 11 is 0. The summed E-state index contributed by atoms with van der Waals surface area (Å²) in [5.41, 5.74) is 3.42. The molecule has 0 aromatic carbocycles. The second-order valence-corrected chi connectivity index (χ2v) is 10.1. The van der Waals surface area contributed by atoms with Crippen molar-refractivity contribution in [2.24, 2.45) is 5.41 Å². The zero-order valence-electron chi connectivity index (χ0n) is 22.1. The summed E-state index contributed by atoms with van der Waals surface area (Å²) in [5, 5.41) is 23.2. The molecule has 0 fully saturated rings. The van der Waals surface area contributed by atoms with Crippen molar-refractivity contribution in [3.63, 3.8) is 0 Å². The average molecular weight is 521 g/mol. The predicted molar refractivity (Wildman–Crippen MR) is 141 cm³/mol. The van der Waals surface area contributed by atoms with E-state index in [0.717, 1.165) is 29.7 Å². The van der Waals surface area contributed by atoms with Gasteiger partial charge in [-0.25, -0.2) is 14.3 Å². The van der Waals surface area contributed by atoms with Crippen LogP contribution in [0.2, 0.25) is 0 Å². The molecule has 12 nitrogen and oxygen atoms in total. The van der Waals surface area contributed by atoms with Gasteiger partial charge in [-0.05, 0) is 36.8 Å². The number of carboxylic acids is 1. The van der Waals surface area contributed by atoms with Crippen LogP contribution < -0.4 is 10.6 Å². The fraction of sp³-hybridized carbons (Fsp3) is 0.423. The first kappa shape index (κ1) is 26.7. The number of aliphatic carboxylic acids is 1. The molecule has 0 atom stereocenters. The number of anilines is 2. The van der Waals surface area contributed by atoms with Crippen LogP contribution in [0.25, 0.3) is 17.2 Å². The van der Waals surface area contributed by atoms with E-state index in [1.165, 1.54) is 6.20 Å². The van der Waals surface area contributed by atoms with Crippen LogP contribution in [0.4, 0.5) is 16.2 Å². The highest BCUT2D eigenvalue weighted by Gasteiger charge is 2.26. The number of hydrogen-bond donors (Lipinski definition) is 3. The molecule has 0 bridgehead atoms. The molecule has 4 rings (SSSR count). The molecule has 4 aromatic rings. The quantitative estimate of drug-likeness (QED) is 0.259. The van der Waals surface area contributed by atoms with E-state index in [1.807, 2.05) is 26.8 Å². The number of carboxylic acid groups (broad SMARTS) is 1. The minimum absolute atomic E-state index is 0.0185. The zero-order valence-corrected chi connectivity index (χ0v) is 22.1. The Balaban J connectivity index is 1.48. The van der Waals surface area contributed by atoms with Crippen molar-refractivity contribution in [2.75, 3.05) is 10.6 Å². The van der Waals surface area contributed by atoms with Crippen molar-refractivity contribution in [3.05, 3.63) is 47.9 Å². The largest absolute Gasteiger partial charge is 0.481 e. The fourth-order valence-electron chi connectivity index (χ4n) is 4.52. The van der Waals surface area contributed by atoms with Crippen LogP contribution in [-0.2, 0) is 11.2 Å². The Kier molecular flexibility index (Phi) is 7.70. The third-order valence-electron chi connectivity index (χ3n) is 6.35. The minimum atomic E-state index is -0.885. The second-order valence-electron chi connectivity index (χ2n) is 10.1. The monoisotopic (exact) mass is 520 g/mol. The first-order valence-electron chi connectivity index (χ1n) is 12.5. The molecule has 4 aromatic heterocycles. The number of aromatic nitrogens is 6. The highest BCUT2D eigenvalue weighted by atomic mass is 16.5. The first-order valence-corrected chi connectivity index (χ1v) is 12.5. The van der Waals surface area contributed by atoms with Gasteiger partial charge in [0.05, 0.1) is 42.1 Å². The maximum absolute atomic E-state index is 12.9. The summed E-state index contributed by atoms with van der Waals surface area (Å²) in [6.07, 6.45) is 6.96. The SMILES string of the molecule is CCC(CC)c1c(NC(=O)Nc2cnc(-c3noc(CC(C)(C)CC(=O)O)n3)c(C)c2)cnc2ccnn12. The number of fused-ring (bicyclic) bond motifs is 1. The molecular weight excluding hydrogens is 488 g/mol. The van der Waals surface area contributed by atoms with Gasteiger partial charge in [-0.15, -0.1) is 0 Å². The number of aryl methyl sites for hydroxylation is 1. The van der Waals surface area contributed by atoms with Gasteiger partial charge in [-0.1, -0.05) is 32.9 Å². The van der Waals surface area contributed by atoms with Crippen LogP contribution in [0, 0.1) is 12.3 Å². The minimum Gasteiger partial charge on any atom is -0.481 e. The molecule has 12 heteroatoms. The molecule has 0 saturated carbocycles. The van der Waals surface area contributed by atoms with E-state index in [1.54, 1.807) is 23.0 Å². The van der Waals surface area contributed by atoms with Gasteiger partial charge in [0.15, 0.2) is 5.65 Å². The first-order chi connectivity index (χ1) is 18.1. The van der Waals surface area contributed by atoms with E-state index in [-0.39, 0.29) is 12.3 Å². The number of nitrogens with zero attached hydrogens (tertiary/aromatic N) is 6. The number of carbonyl (C=O) groups is 2. The summed E-state index contributed by atoms with van der Waals surface area (Å²) in [4.78, 5) is 37.2. The van der Waals surface area contributed by atoms with Gasteiger partial charge in [-0.3, -0.25) is 9.78 Å². The molecule has 0 aliphatic carbocycles. The summed E-state index contributed by atoms with van der Waals surface area (Å²) in [7, 11) is 0. The number of rotatable bonds is 10. The lowest BCUT2D eigenvalue weighted by Crippen LogP contribution is -2.22. The molecular formula is C26H32N8O4. The summed E-state index contributed by atoms with van der Waals surface area (Å²) < 4.78 is 7.11. The fourth-order valence-corrected chi connectivity index (χ4v) is 4.52. The highest BCUT2D eigenvalue weighted by molar-refractivity contribution is 6.00. The number of urea groups is 1. The van der Waals surface area contributed by atoms with Crippen LogP contribution in [0.3, 0.4) is 0 Å². The zero-order chi connectivity index (χ0) is 27.4. The Morgan fingerprint density at radius 3 is 2.61 bits per heavy atom. The van der Waals surface area contributed by atoms with Gasteiger partial charge >= 0.3 is 12.0 Å². The van der Waals surface area contributed by atoms with E-state index < -0.39 is 17.4 Å². The number of amides is 2. The van der Waals surface area contributed by atoms with Gasteiger partial charge in [-0.2, -0.15) is 10.1 Å². The highest BCUT2D eigenvalue weighted by Crippen LogP contribution is 2.30. The maximum atomic E-state index is 12.9. The molecule has 0 aliphatic rings. The Labute approximate surface area is 219 Å². The lowest BCUT2D eigenvalue weighted by molar-refractivity contribution is -0.139. The summed E-state index contributed by atoms with van der Waals surface area (Å²) in [5.74, 6) is -0.0455. The molecule has 0 spiro atoms. The van der Waals surface area contributed by atoms with Gasteiger partial charge in [0.1, 0.15) is 5.69 Å². The standard InChI is InChI=1S/C26H32N8O4/c1-6-16(7-2)23-18(14-27-19-8-9-29-34(19)23)31-25(37)30-17-10-15(3)22(28-13-17)24-32-20(38-33-24)11-26(4,5)12-21(35)36/h8-10,13-14,16H,6-7,11-12H2,1-5H3,(H,35,36)(H2,30,31,37). The topological polar surface area (TPSA) is 160 Å². The maximum Gasteiger partial charge on any atom is 0.323 e. The molecule has 0 unspecified atom stereocenters. The molecule has 38 heavy (non-hydrogen) atoms. The van der Waals surface area contributed by atoms with E-state index >= 15 is 0 Å². The number of pyridine rings is 1. The van der Waals surface area contributed by atoms with Crippen LogP contribution in [-0.4, -0.2) is 46.8 Å². The van der Waals surface area contributed by atoms with Gasteiger partial charge in [0, 0.05) is 18.4 Å². The van der Waals surface area contributed by atoms with Crippen molar-refractivity contribution < 1.29 is 19.2 Å². The van der Waals surface area contributed by atoms with Crippen molar-refractivity contribution >= 4 is 29.0 Å². The predicted octanol–water partition coefficient (Wildman–Crippen LogP) is 5.07. The van der Waals surface area contributed by atoms with E-state index in [2.05, 4.69) is 49.7 Å². The van der Waals surface area contributed by atoms with Crippen LogP contribution in [0.5, 0.6) is 0 Å². The van der Waals surface area contributed by atoms with Crippen molar-refractivity contribution in [1.29, 1.82) is 0 Å². The smallest absolute Gasteiger partial charge is 0.323 e. The van der Waals surface area contributed by atoms with Gasteiger partial charge in [0.25, 0.3) is 0 Å². The van der Waals surface area contributed by atoms with Crippen molar-refractivity contribution in [2.45, 2.75) is 66.2 Å². The Morgan fingerprint density at radius 1 is 1.16 bits per heavy atom. The molecule has 2 amide bonds. The third-order valence-corrected chi connectivity index (χ3v) is 6.35.